The third-order valence-electron chi connectivity index (χ3n) is 3.89. The second-order valence-electron chi connectivity index (χ2n) is 6.14. The van der Waals surface area contributed by atoms with Gasteiger partial charge in [-0.15, -0.1) is 0 Å². The lowest BCUT2D eigenvalue weighted by atomic mass is 10.1. The second-order valence-corrected chi connectivity index (χ2v) is 6.57. The minimum Gasteiger partial charge on any atom is -0.373 e. The fourth-order valence-electron chi connectivity index (χ4n) is 3.19. The largest absolute Gasteiger partial charge is 0.373 e. The molecule has 1 aliphatic rings. The molecule has 2 aromatic rings. The van der Waals surface area contributed by atoms with Crippen LogP contribution in [0.25, 0.3) is 11.3 Å². The van der Waals surface area contributed by atoms with E-state index in [1.807, 2.05) is 29.9 Å². The van der Waals surface area contributed by atoms with Gasteiger partial charge in [-0.25, -0.2) is 0 Å². The Labute approximate surface area is 136 Å². The van der Waals surface area contributed by atoms with E-state index in [0.717, 1.165) is 35.9 Å². The van der Waals surface area contributed by atoms with Gasteiger partial charge in [0.05, 0.1) is 17.9 Å². The second kappa shape index (κ2) is 6.41. The van der Waals surface area contributed by atoms with Gasteiger partial charge in [-0.05, 0) is 26.0 Å². The molecule has 1 aromatic heterocycles. The van der Waals surface area contributed by atoms with Crippen molar-refractivity contribution >= 4 is 11.6 Å². The van der Waals surface area contributed by atoms with E-state index in [2.05, 4.69) is 36.1 Å². The summed E-state index contributed by atoms with van der Waals surface area (Å²) in [6.07, 6.45) is 2.64. The summed E-state index contributed by atoms with van der Waals surface area (Å²) < 4.78 is 7.68. The van der Waals surface area contributed by atoms with Gasteiger partial charge in [0, 0.05) is 49.0 Å². The summed E-state index contributed by atoms with van der Waals surface area (Å²) in [4.78, 5) is 2.43. The fourth-order valence-corrected chi connectivity index (χ4v) is 3.38. The van der Waals surface area contributed by atoms with Crippen LogP contribution in [-0.2, 0) is 18.3 Å². The van der Waals surface area contributed by atoms with Gasteiger partial charge in [0.2, 0.25) is 0 Å². The highest BCUT2D eigenvalue weighted by Crippen LogP contribution is 2.26. The zero-order chi connectivity index (χ0) is 15.7. The maximum Gasteiger partial charge on any atom is 0.0968 e. The van der Waals surface area contributed by atoms with Crippen LogP contribution in [0, 0.1) is 0 Å². The topological polar surface area (TPSA) is 30.3 Å². The summed E-state index contributed by atoms with van der Waals surface area (Å²) in [6, 6.07) is 7.88. The van der Waals surface area contributed by atoms with Crippen molar-refractivity contribution in [3.63, 3.8) is 0 Å². The Morgan fingerprint density at radius 2 is 2.00 bits per heavy atom. The fraction of sp³-hybridized carbons (Fsp3) is 0.471. The van der Waals surface area contributed by atoms with Crippen molar-refractivity contribution in [1.82, 2.24) is 14.7 Å². The summed E-state index contributed by atoms with van der Waals surface area (Å²) >= 11 is 6.12. The predicted molar refractivity (Wildman–Crippen MR) is 88.9 cm³/mol. The van der Waals surface area contributed by atoms with Crippen LogP contribution in [-0.4, -0.2) is 40.0 Å². The van der Waals surface area contributed by atoms with Crippen LogP contribution in [0.2, 0.25) is 5.02 Å². The SMILES string of the molecule is C[C@@H]1CN(Cc2cn(C)nc2-c2cccc(Cl)c2)C[C@H](C)O1. The van der Waals surface area contributed by atoms with Crippen LogP contribution >= 0.6 is 11.6 Å². The highest BCUT2D eigenvalue weighted by Gasteiger charge is 2.23. The Morgan fingerprint density at radius 1 is 1.27 bits per heavy atom. The number of halogens is 1. The minimum atomic E-state index is 0.273. The molecule has 118 valence electrons. The maximum atomic E-state index is 6.12. The number of hydrogen-bond donors (Lipinski definition) is 0. The monoisotopic (exact) mass is 319 g/mol. The quantitative estimate of drug-likeness (QED) is 0.869. The van der Waals surface area contributed by atoms with E-state index < -0.39 is 0 Å². The molecule has 22 heavy (non-hydrogen) atoms. The average molecular weight is 320 g/mol. The van der Waals surface area contributed by atoms with Gasteiger partial charge >= 0.3 is 0 Å². The highest BCUT2D eigenvalue weighted by atomic mass is 35.5. The molecular formula is C17H22ClN3O. The average Bonchev–Trinajstić information content (AvgIpc) is 2.78. The van der Waals surface area contributed by atoms with Crippen molar-refractivity contribution in [1.29, 1.82) is 0 Å². The number of morpholine rings is 1. The molecule has 0 aliphatic carbocycles. The molecule has 0 amide bonds. The van der Waals surface area contributed by atoms with Gasteiger partial charge in [-0.2, -0.15) is 5.10 Å². The van der Waals surface area contributed by atoms with Crippen molar-refractivity contribution in [3.05, 3.63) is 41.0 Å². The summed E-state index contributed by atoms with van der Waals surface area (Å²) in [5.74, 6) is 0. The van der Waals surface area contributed by atoms with Gasteiger partial charge in [-0.1, -0.05) is 23.7 Å². The highest BCUT2D eigenvalue weighted by molar-refractivity contribution is 6.30. The van der Waals surface area contributed by atoms with Crippen molar-refractivity contribution in [3.8, 4) is 11.3 Å². The standard InChI is InChI=1S/C17H22ClN3O/c1-12-8-21(9-13(2)22-12)11-15-10-20(3)19-17(15)14-5-4-6-16(18)7-14/h4-7,10,12-13H,8-9,11H2,1-3H3/t12-,13+. The molecule has 0 unspecified atom stereocenters. The first-order chi connectivity index (χ1) is 10.5. The molecule has 3 rings (SSSR count). The van der Waals surface area contributed by atoms with Crippen LogP contribution in [0.4, 0.5) is 0 Å². The first-order valence-corrected chi connectivity index (χ1v) is 8.05. The number of nitrogens with zero attached hydrogens (tertiary/aromatic N) is 3. The number of ether oxygens (including phenoxy) is 1. The van der Waals surface area contributed by atoms with E-state index in [1.165, 1.54) is 5.56 Å². The lowest BCUT2D eigenvalue weighted by Crippen LogP contribution is -2.44. The van der Waals surface area contributed by atoms with Crippen LogP contribution in [0.5, 0.6) is 0 Å². The molecule has 0 bridgehead atoms. The van der Waals surface area contributed by atoms with Crippen molar-refractivity contribution in [2.24, 2.45) is 7.05 Å². The number of benzene rings is 1. The Bertz CT molecular complexity index is 645. The zero-order valence-corrected chi connectivity index (χ0v) is 14.0. The Balaban J connectivity index is 1.85. The normalized spacial score (nSPS) is 22.9. The molecular weight excluding hydrogens is 298 g/mol. The third kappa shape index (κ3) is 3.51. The molecule has 2 atom stereocenters. The van der Waals surface area contributed by atoms with Crippen molar-refractivity contribution in [2.75, 3.05) is 13.1 Å². The first-order valence-electron chi connectivity index (χ1n) is 7.67. The molecule has 5 heteroatoms. The molecule has 2 heterocycles. The lowest BCUT2D eigenvalue weighted by Gasteiger charge is -2.35. The Kier molecular flexibility index (Phi) is 4.52. The first kappa shape index (κ1) is 15.5. The van der Waals surface area contributed by atoms with E-state index in [1.54, 1.807) is 0 Å². The summed E-state index contributed by atoms with van der Waals surface area (Å²) in [5, 5.41) is 5.36. The number of aromatic nitrogens is 2. The van der Waals surface area contributed by atoms with E-state index in [0.29, 0.717) is 0 Å². The molecule has 0 spiro atoms. The Hall–Kier alpha value is -1.36. The minimum absolute atomic E-state index is 0.273. The molecule has 4 nitrogen and oxygen atoms in total. The summed E-state index contributed by atoms with van der Waals surface area (Å²) in [5.41, 5.74) is 3.31. The van der Waals surface area contributed by atoms with Crippen LogP contribution in [0.15, 0.2) is 30.5 Å². The summed E-state index contributed by atoms with van der Waals surface area (Å²) in [6.45, 7) is 7.05. The predicted octanol–water partition coefficient (Wildman–Crippen LogP) is 3.35. The van der Waals surface area contributed by atoms with Crippen molar-refractivity contribution in [2.45, 2.75) is 32.6 Å². The van der Waals surface area contributed by atoms with Gasteiger partial charge < -0.3 is 4.74 Å². The number of rotatable bonds is 3. The van der Waals surface area contributed by atoms with Gasteiger partial charge in [0.15, 0.2) is 0 Å². The van der Waals surface area contributed by atoms with E-state index in [-0.39, 0.29) is 12.2 Å². The van der Waals surface area contributed by atoms with Gasteiger partial charge in [-0.3, -0.25) is 9.58 Å². The van der Waals surface area contributed by atoms with Crippen LogP contribution in [0.1, 0.15) is 19.4 Å². The van der Waals surface area contributed by atoms with Crippen LogP contribution < -0.4 is 0 Å². The zero-order valence-electron chi connectivity index (χ0n) is 13.3. The lowest BCUT2D eigenvalue weighted by molar-refractivity contribution is -0.0704. The maximum absolute atomic E-state index is 6.12. The molecule has 1 saturated heterocycles. The summed E-state index contributed by atoms with van der Waals surface area (Å²) in [7, 11) is 1.96. The van der Waals surface area contributed by atoms with Crippen LogP contribution in [0.3, 0.4) is 0 Å². The van der Waals surface area contributed by atoms with E-state index >= 15 is 0 Å². The molecule has 1 fully saturated rings. The molecule has 1 aliphatic heterocycles. The number of aryl methyl sites for hydroxylation is 1. The van der Waals surface area contributed by atoms with E-state index in [4.69, 9.17) is 16.3 Å². The van der Waals surface area contributed by atoms with Gasteiger partial charge in [0.1, 0.15) is 0 Å². The molecule has 0 N–H and O–H groups in total. The van der Waals surface area contributed by atoms with Crippen molar-refractivity contribution < 1.29 is 4.74 Å². The van der Waals surface area contributed by atoms with Gasteiger partial charge in [0.25, 0.3) is 0 Å². The number of hydrogen-bond acceptors (Lipinski definition) is 3. The van der Waals surface area contributed by atoms with E-state index in [9.17, 15) is 0 Å². The molecule has 0 saturated carbocycles. The smallest absolute Gasteiger partial charge is 0.0968 e. The molecule has 0 radical (unpaired) electrons. The molecule has 1 aromatic carbocycles. The third-order valence-corrected chi connectivity index (χ3v) is 4.13. The Morgan fingerprint density at radius 3 is 2.68 bits per heavy atom.